The Balaban J connectivity index is 2.76. The average molecular weight is 281 g/mol. The fourth-order valence-corrected chi connectivity index (χ4v) is 1.88. The van der Waals surface area contributed by atoms with Crippen molar-refractivity contribution in [2.24, 2.45) is 5.41 Å². The Morgan fingerprint density at radius 3 is 2.55 bits per heavy atom. The smallest absolute Gasteiger partial charge is 0.311 e. The minimum absolute atomic E-state index is 0.0298. The van der Waals surface area contributed by atoms with E-state index in [2.05, 4.69) is 15.3 Å². The summed E-state index contributed by atoms with van der Waals surface area (Å²) in [5.74, 6) is 0.261. The topological polar surface area (TPSA) is 84.3 Å². The second-order valence-electron chi connectivity index (χ2n) is 5.05. The van der Waals surface area contributed by atoms with E-state index in [4.69, 9.17) is 4.74 Å². The summed E-state index contributed by atoms with van der Waals surface area (Å²) in [5, 5.41) is 12.4. The standard InChI is InChI=1S/C14H23N3O3/c1-5-14(6-2,13(18)19)8-15-11-7-12(17-9-16-11)20-10(3)4/h7,9-10H,5-6,8H2,1-4H3,(H,18,19)(H,15,16,17). The number of aromatic nitrogens is 2. The average Bonchev–Trinajstić information content (AvgIpc) is 2.40. The highest BCUT2D eigenvalue weighted by Crippen LogP contribution is 2.27. The van der Waals surface area contributed by atoms with Gasteiger partial charge in [-0.1, -0.05) is 13.8 Å². The number of carbonyl (C=O) groups is 1. The van der Waals surface area contributed by atoms with Crippen molar-refractivity contribution in [3.8, 4) is 5.88 Å². The highest BCUT2D eigenvalue weighted by Gasteiger charge is 2.34. The summed E-state index contributed by atoms with van der Waals surface area (Å²) in [5.41, 5.74) is -0.774. The molecule has 1 rings (SSSR count). The lowest BCUT2D eigenvalue weighted by molar-refractivity contribution is -0.148. The number of nitrogens with zero attached hydrogens (tertiary/aromatic N) is 2. The van der Waals surface area contributed by atoms with Crippen LogP contribution in [0.2, 0.25) is 0 Å². The molecule has 0 aliphatic carbocycles. The van der Waals surface area contributed by atoms with Gasteiger partial charge in [0.05, 0.1) is 11.5 Å². The lowest BCUT2D eigenvalue weighted by Gasteiger charge is -2.27. The van der Waals surface area contributed by atoms with Gasteiger partial charge < -0.3 is 15.2 Å². The molecule has 0 bridgehead atoms. The fourth-order valence-electron chi connectivity index (χ4n) is 1.88. The number of hydrogen-bond acceptors (Lipinski definition) is 5. The molecule has 1 aromatic rings. The second kappa shape index (κ2) is 7.07. The lowest BCUT2D eigenvalue weighted by atomic mass is 9.82. The van der Waals surface area contributed by atoms with Crippen LogP contribution in [0.1, 0.15) is 40.5 Å². The third-order valence-electron chi connectivity index (χ3n) is 3.41. The molecule has 2 N–H and O–H groups in total. The number of ether oxygens (including phenoxy) is 1. The molecule has 0 fully saturated rings. The molecule has 0 aromatic carbocycles. The Morgan fingerprint density at radius 1 is 1.40 bits per heavy atom. The molecule has 6 heteroatoms. The number of carboxylic acids is 1. The van der Waals surface area contributed by atoms with E-state index >= 15 is 0 Å². The molecule has 0 spiro atoms. The van der Waals surface area contributed by atoms with E-state index in [0.717, 1.165) is 0 Å². The minimum Gasteiger partial charge on any atom is -0.481 e. The van der Waals surface area contributed by atoms with Crippen LogP contribution in [0.4, 0.5) is 5.82 Å². The number of anilines is 1. The van der Waals surface area contributed by atoms with Crippen molar-refractivity contribution in [2.75, 3.05) is 11.9 Å². The van der Waals surface area contributed by atoms with Crippen LogP contribution in [0.25, 0.3) is 0 Å². The van der Waals surface area contributed by atoms with Crippen molar-refractivity contribution in [3.63, 3.8) is 0 Å². The molecule has 0 aliphatic rings. The van der Waals surface area contributed by atoms with Crippen molar-refractivity contribution >= 4 is 11.8 Å². The Hall–Kier alpha value is -1.85. The summed E-state index contributed by atoms with van der Waals surface area (Å²) >= 11 is 0. The molecule has 0 aliphatic heterocycles. The highest BCUT2D eigenvalue weighted by molar-refractivity contribution is 5.75. The van der Waals surface area contributed by atoms with Gasteiger partial charge in [-0.25, -0.2) is 9.97 Å². The summed E-state index contributed by atoms with van der Waals surface area (Å²) in [4.78, 5) is 19.5. The Morgan fingerprint density at radius 2 is 2.05 bits per heavy atom. The molecule has 0 saturated carbocycles. The van der Waals surface area contributed by atoms with E-state index in [1.165, 1.54) is 6.33 Å². The molecule has 0 unspecified atom stereocenters. The Kier molecular flexibility index (Phi) is 5.73. The molecule has 1 aromatic heterocycles. The quantitative estimate of drug-likeness (QED) is 0.762. The summed E-state index contributed by atoms with van der Waals surface area (Å²) < 4.78 is 5.48. The lowest BCUT2D eigenvalue weighted by Crippen LogP contribution is -2.37. The maximum absolute atomic E-state index is 11.4. The number of nitrogens with one attached hydrogen (secondary N) is 1. The zero-order chi connectivity index (χ0) is 15.2. The molecular formula is C14H23N3O3. The molecule has 0 amide bonds. The molecule has 20 heavy (non-hydrogen) atoms. The van der Waals surface area contributed by atoms with Gasteiger partial charge in [-0.15, -0.1) is 0 Å². The van der Waals surface area contributed by atoms with Crippen molar-refractivity contribution in [3.05, 3.63) is 12.4 Å². The zero-order valence-electron chi connectivity index (χ0n) is 12.5. The first-order valence-corrected chi connectivity index (χ1v) is 6.89. The van der Waals surface area contributed by atoms with Crippen LogP contribution in [-0.2, 0) is 4.79 Å². The minimum atomic E-state index is -0.789. The molecule has 1 heterocycles. The molecular weight excluding hydrogens is 258 g/mol. The first-order chi connectivity index (χ1) is 9.43. The number of aliphatic carboxylic acids is 1. The molecule has 112 valence electrons. The Bertz CT molecular complexity index is 445. The number of carboxylic acid groups (broad SMARTS) is 1. The normalized spacial score (nSPS) is 11.4. The summed E-state index contributed by atoms with van der Waals surface area (Å²) in [7, 11) is 0. The van der Waals surface area contributed by atoms with Crippen LogP contribution in [-0.4, -0.2) is 33.7 Å². The van der Waals surface area contributed by atoms with Crippen molar-refractivity contribution in [2.45, 2.75) is 46.6 Å². The molecule has 0 radical (unpaired) electrons. The van der Waals surface area contributed by atoms with E-state index in [0.29, 0.717) is 31.1 Å². The SMILES string of the molecule is CCC(CC)(CNc1cc(OC(C)C)ncn1)C(=O)O. The summed E-state index contributed by atoms with van der Waals surface area (Å²) in [6.45, 7) is 7.92. The van der Waals surface area contributed by atoms with Gasteiger partial charge >= 0.3 is 5.97 Å². The Labute approximate surface area is 119 Å². The van der Waals surface area contributed by atoms with Crippen molar-refractivity contribution in [1.82, 2.24) is 9.97 Å². The van der Waals surface area contributed by atoms with Crippen molar-refractivity contribution < 1.29 is 14.6 Å². The van der Waals surface area contributed by atoms with Gasteiger partial charge in [-0.2, -0.15) is 0 Å². The molecule has 6 nitrogen and oxygen atoms in total. The van der Waals surface area contributed by atoms with Crippen LogP contribution in [0, 0.1) is 5.41 Å². The molecule has 0 saturated heterocycles. The van der Waals surface area contributed by atoms with Crippen LogP contribution >= 0.6 is 0 Å². The largest absolute Gasteiger partial charge is 0.481 e. The maximum atomic E-state index is 11.4. The van der Waals surface area contributed by atoms with Gasteiger partial charge in [0.2, 0.25) is 5.88 Å². The predicted octanol–water partition coefficient (Wildman–Crippen LogP) is 2.57. The predicted molar refractivity (Wildman–Crippen MR) is 76.9 cm³/mol. The highest BCUT2D eigenvalue weighted by atomic mass is 16.5. The molecule has 0 atom stereocenters. The van der Waals surface area contributed by atoms with Gasteiger partial charge in [0, 0.05) is 12.6 Å². The fraction of sp³-hybridized carbons (Fsp3) is 0.643. The van der Waals surface area contributed by atoms with Crippen LogP contribution < -0.4 is 10.1 Å². The van der Waals surface area contributed by atoms with Gasteiger partial charge in [0.1, 0.15) is 12.1 Å². The van der Waals surface area contributed by atoms with E-state index in [-0.39, 0.29) is 6.10 Å². The van der Waals surface area contributed by atoms with Gasteiger partial charge in [0.15, 0.2) is 0 Å². The third kappa shape index (κ3) is 4.08. The van der Waals surface area contributed by atoms with Gasteiger partial charge in [-0.3, -0.25) is 4.79 Å². The summed E-state index contributed by atoms with van der Waals surface area (Å²) in [6.07, 6.45) is 2.56. The zero-order valence-corrected chi connectivity index (χ0v) is 12.5. The summed E-state index contributed by atoms with van der Waals surface area (Å²) in [6, 6.07) is 1.68. The van der Waals surface area contributed by atoms with Crippen LogP contribution in [0.5, 0.6) is 5.88 Å². The van der Waals surface area contributed by atoms with E-state index in [1.54, 1.807) is 6.07 Å². The first-order valence-electron chi connectivity index (χ1n) is 6.89. The van der Waals surface area contributed by atoms with E-state index in [1.807, 2.05) is 27.7 Å². The monoisotopic (exact) mass is 281 g/mol. The van der Waals surface area contributed by atoms with Crippen LogP contribution in [0.15, 0.2) is 12.4 Å². The van der Waals surface area contributed by atoms with Crippen molar-refractivity contribution in [1.29, 1.82) is 0 Å². The second-order valence-corrected chi connectivity index (χ2v) is 5.05. The number of hydrogen-bond donors (Lipinski definition) is 2. The van der Waals surface area contributed by atoms with Crippen LogP contribution in [0.3, 0.4) is 0 Å². The van der Waals surface area contributed by atoms with E-state index < -0.39 is 11.4 Å². The van der Waals surface area contributed by atoms with Gasteiger partial charge in [-0.05, 0) is 26.7 Å². The number of rotatable bonds is 8. The van der Waals surface area contributed by atoms with Gasteiger partial charge in [0.25, 0.3) is 0 Å². The first kappa shape index (κ1) is 16.2. The maximum Gasteiger partial charge on any atom is 0.311 e. The van der Waals surface area contributed by atoms with E-state index in [9.17, 15) is 9.90 Å². The third-order valence-corrected chi connectivity index (χ3v) is 3.41.